The first-order valence-electron chi connectivity index (χ1n) is 5.41. The highest BCUT2D eigenvalue weighted by Gasteiger charge is 2.23. The van der Waals surface area contributed by atoms with Gasteiger partial charge in [-0.05, 0) is 12.2 Å². The van der Waals surface area contributed by atoms with Gasteiger partial charge >= 0.3 is 0 Å². The highest BCUT2D eigenvalue weighted by atomic mass is 32.2. The van der Waals surface area contributed by atoms with Crippen LogP contribution in [0.5, 0.6) is 0 Å². The Balaban J connectivity index is 1.56. The molecule has 0 fully saturated rings. The normalized spacial score (nSPS) is 27.0. The fourth-order valence-corrected chi connectivity index (χ4v) is 3.88. The molecule has 0 aromatic heterocycles. The van der Waals surface area contributed by atoms with Gasteiger partial charge in [-0.1, -0.05) is 29.6 Å². The lowest BCUT2D eigenvalue weighted by Gasteiger charge is -2.15. The summed E-state index contributed by atoms with van der Waals surface area (Å²) in [7, 11) is 0. The van der Waals surface area contributed by atoms with Gasteiger partial charge in [0.2, 0.25) is 0 Å². The molecule has 3 rings (SSSR count). The van der Waals surface area contributed by atoms with E-state index in [1.807, 2.05) is 29.6 Å². The number of hydrogen-bond acceptors (Lipinski definition) is 5. The van der Waals surface area contributed by atoms with Crippen LogP contribution in [0.15, 0.2) is 34.4 Å². The third-order valence-electron chi connectivity index (χ3n) is 2.60. The van der Waals surface area contributed by atoms with Crippen LogP contribution in [0.25, 0.3) is 0 Å². The van der Waals surface area contributed by atoms with E-state index in [2.05, 4.69) is 28.2 Å². The van der Waals surface area contributed by atoms with Crippen molar-refractivity contribution in [3.05, 3.63) is 24.4 Å². The first-order valence-corrected chi connectivity index (χ1v) is 7.38. The summed E-state index contributed by atoms with van der Waals surface area (Å²) < 4.78 is 1.25. The molecular weight excluding hydrogens is 238 g/mol. The summed E-state index contributed by atoms with van der Waals surface area (Å²) in [5.74, 6) is 3.31. The molecule has 0 bridgehead atoms. The van der Waals surface area contributed by atoms with Crippen molar-refractivity contribution in [2.75, 3.05) is 24.6 Å². The molecule has 3 aliphatic rings. The van der Waals surface area contributed by atoms with Gasteiger partial charge in [0, 0.05) is 24.3 Å². The summed E-state index contributed by atoms with van der Waals surface area (Å²) in [6.45, 7) is 2.00. The summed E-state index contributed by atoms with van der Waals surface area (Å²) in [5.41, 5.74) is 0. The number of nitrogens with zero attached hydrogens (tertiary/aromatic N) is 3. The van der Waals surface area contributed by atoms with E-state index in [9.17, 15) is 0 Å². The van der Waals surface area contributed by atoms with Gasteiger partial charge in [0.25, 0.3) is 0 Å². The Morgan fingerprint density at radius 2 is 2.50 bits per heavy atom. The molecule has 84 valence electrons. The zero-order valence-corrected chi connectivity index (χ0v) is 10.5. The summed E-state index contributed by atoms with van der Waals surface area (Å²) in [5, 5.41) is 0. The second-order valence-corrected chi connectivity index (χ2v) is 6.15. The van der Waals surface area contributed by atoms with E-state index >= 15 is 0 Å². The maximum Gasteiger partial charge on any atom is 0.127 e. The van der Waals surface area contributed by atoms with Crippen molar-refractivity contribution in [3.8, 4) is 0 Å². The number of allylic oxidation sites excluding steroid dienone is 2. The number of rotatable bonds is 2. The lowest BCUT2D eigenvalue weighted by molar-refractivity contribution is 0.561. The van der Waals surface area contributed by atoms with Crippen LogP contribution < -0.4 is 0 Å². The van der Waals surface area contributed by atoms with Gasteiger partial charge < -0.3 is 4.90 Å². The van der Waals surface area contributed by atoms with Crippen molar-refractivity contribution >= 4 is 33.7 Å². The number of fused-ring (bicyclic) bond motifs is 1. The van der Waals surface area contributed by atoms with Gasteiger partial charge in [-0.3, -0.25) is 9.98 Å². The molecule has 3 nitrogen and oxygen atoms in total. The summed E-state index contributed by atoms with van der Waals surface area (Å²) in [6.07, 6.45) is 8.28. The molecule has 0 saturated carbocycles. The minimum atomic E-state index is 0.413. The number of aliphatic imine (C=N–C) groups is 2. The second kappa shape index (κ2) is 4.67. The first-order chi connectivity index (χ1) is 7.92. The van der Waals surface area contributed by atoms with E-state index in [1.165, 1.54) is 4.38 Å². The van der Waals surface area contributed by atoms with Gasteiger partial charge in [0.05, 0.1) is 12.6 Å². The monoisotopic (exact) mass is 251 g/mol. The minimum Gasteiger partial charge on any atom is -0.331 e. The van der Waals surface area contributed by atoms with E-state index in [4.69, 9.17) is 4.99 Å². The van der Waals surface area contributed by atoms with E-state index in [0.717, 1.165) is 30.4 Å². The Bertz CT molecular complexity index is 398. The molecular formula is C11H13N3S2. The standard InChI is InChI=1S/C11H13N3S2/c1-2-5-14-7-9(13-10(14)3-1)8-16-11-12-4-6-15-11/h1-3,5,9H,4,6-8H2. The smallest absolute Gasteiger partial charge is 0.127 e. The number of thioether (sulfide) groups is 2. The average Bonchev–Trinajstić information content (AvgIpc) is 2.95. The van der Waals surface area contributed by atoms with Crippen molar-refractivity contribution in [3.63, 3.8) is 0 Å². The zero-order chi connectivity index (χ0) is 10.8. The Morgan fingerprint density at radius 3 is 3.31 bits per heavy atom. The van der Waals surface area contributed by atoms with Crippen LogP contribution in [0.4, 0.5) is 0 Å². The number of amidine groups is 1. The zero-order valence-electron chi connectivity index (χ0n) is 8.87. The van der Waals surface area contributed by atoms with Gasteiger partial charge in [-0.2, -0.15) is 0 Å². The van der Waals surface area contributed by atoms with Crippen LogP contribution in [0.3, 0.4) is 0 Å². The minimum absolute atomic E-state index is 0.413. The fraction of sp³-hybridized carbons (Fsp3) is 0.455. The molecule has 0 aromatic carbocycles. The maximum absolute atomic E-state index is 4.69. The highest BCUT2D eigenvalue weighted by Crippen LogP contribution is 2.25. The van der Waals surface area contributed by atoms with Crippen LogP contribution >= 0.6 is 23.5 Å². The SMILES string of the molecule is C1=CC2=NC(CSC3=NCCS3)CN2C=C1. The third-order valence-corrected chi connectivity index (χ3v) is 4.99. The van der Waals surface area contributed by atoms with Crippen LogP contribution in [-0.2, 0) is 0 Å². The van der Waals surface area contributed by atoms with E-state index in [1.54, 1.807) is 0 Å². The van der Waals surface area contributed by atoms with Crippen molar-refractivity contribution in [2.24, 2.45) is 9.98 Å². The quantitative estimate of drug-likeness (QED) is 0.751. The van der Waals surface area contributed by atoms with Crippen molar-refractivity contribution in [2.45, 2.75) is 6.04 Å². The Hall–Kier alpha value is -0.680. The molecule has 0 radical (unpaired) electrons. The van der Waals surface area contributed by atoms with Crippen molar-refractivity contribution < 1.29 is 0 Å². The molecule has 1 atom stereocenters. The van der Waals surface area contributed by atoms with E-state index in [0.29, 0.717) is 6.04 Å². The Labute approximate surface area is 104 Å². The predicted octanol–water partition coefficient (Wildman–Crippen LogP) is 1.99. The predicted molar refractivity (Wildman–Crippen MR) is 73.4 cm³/mol. The van der Waals surface area contributed by atoms with E-state index < -0.39 is 0 Å². The molecule has 5 heteroatoms. The first kappa shape index (κ1) is 10.5. The molecule has 0 N–H and O–H groups in total. The van der Waals surface area contributed by atoms with Crippen molar-refractivity contribution in [1.29, 1.82) is 0 Å². The largest absolute Gasteiger partial charge is 0.331 e. The lowest BCUT2D eigenvalue weighted by Crippen LogP contribution is -2.24. The molecule has 0 saturated heterocycles. The van der Waals surface area contributed by atoms with Crippen LogP contribution in [0.1, 0.15) is 0 Å². The van der Waals surface area contributed by atoms with Crippen LogP contribution in [-0.4, -0.2) is 45.7 Å². The third kappa shape index (κ3) is 2.20. The molecule has 0 aliphatic carbocycles. The molecule has 0 amide bonds. The molecule has 1 unspecified atom stereocenters. The molecule has 3 aliphatic heterocycles. The Kier molecular flexibility index (Phi) is 3.06. The van der Waals surface area contributed by atoms with Gasteiger partial charge in [-0.15, -0.1) is 0 Å². The lowest BCUT2D eigenvalue weighted by atomic mass is 10.3. The second-order valence-electron chi connectivity index (χ2n) is 3.80. The summed E-state index contributed by atoms with van der Waals surface area (Å²) in [4.78, 5) is 11.3. The summed E-state index contributed by atoms with van der Waals surface area (Å²) >= 11 is 3.73. The molecule has 0 spiro atoms. The van der Waals surface area contributed by atoms with Gasteiger partial charge in [0.15, 0.2) is 0 Å². The fourth-order valence-electron chi connectivity index (χ4n) is 1.85. The maximum atomic E-state index is 4.69. The van der Waals surface area contributed by atoms with Crippen LogP contribution in [0.2, 0.25) is 0 Å². The van der Waals surface area contributed by atoms with Gasteiger partial charge in [-0.25, -0.2) is 0 Å². The van der Waals surface area contributed by atoms with E-state index in [-0.39, 0.29) is 0 Å². The van der Waals surface area contributed by atoms with Gasteiger partial charge in [0.1, 0.15) is 10.2 Å². The highest BCUT2D eigenvalue weighted by molar-refractivity contribution is 8.39. The topological polar surface area (TPSA) is 28.0 Å². The average molecular weight is 251 g/mol. The van der Waals surface area contributed by atoms with Crippen LogP contribution in [0, 0.1) is 0 Å². The molecule has 3 heterocycles. The molecule has 16 heavy (non-hydrogen) atoms. The van der Waals surface area contributed by atoms with Crippen molar-refractivity contribution in [1.82, 2.24) is 4.90 Å². The molecule has 0 aromatic rings. The summed E-state index contributed by atoms with van der Waals surface area (Å²) in [6, 6.07) is 0.413. The number of hydrogen-bond donors (Lipinski definition) is 0. The Morgan fingerprint density at radius 1 is 1.50 bits per heavy atom.